The van der Waals surface area contributed by atoms with E-state index in [0.717, 1.165) is 30.2 Å². The largest absolute Gasteiger partial charge is 0.480 e. The fourth-order valence-electron chi connectivity index (χ4n) is 2.06. The Labute approximate surface area is 104 Å². The number of hydrogen-bond donors (Lipinski definition) is 1. The zero-order chi connectivity index (χ0) is 12.3. The van der Waals surface area contributed by atoms with Crippen LogP contribution in [0.25, 0.3) is 0 Å². The molecule has 0 radical (unpaired) electrons. The van der Waals surface area contributed by atoms with E-state index in [0.29, 0.717) is 6.42 Å². The molecule has 0 aliphatic carbocycles. The summed E-state index contributed by atoms with van der Waals surface area (Å²) >= 11 is 1.53. The third kappa shape index (κ3) is 2.69. The van der Waals surface area contributed by atoms with Crippen molar-refractivity contribution in [2.24, 2.45) is 0 Å². The molecule has 0 amide bonds. The number of thioether (sulfide) groups is 1. The summed E-state index contributed by atoms with van der Waals surface area (Å²) in [5.41, 5.74) is 0. The lowest BCUT2D eigenvalue weighted by atomic mass is 10.0. The maximum absolute atomic E-state index is 11.2. The molecule has 2 heterocycles. The first-order chi connectivity index (χ1) is 8.22. The molecule has 1 aliphatic heterocycles. The van der Waals surface area contributed by atoms with Crippen molar-refractivity contribution < 1.29 is 9.90 Å². The Kier molecular flexibility index (Phi) is 3.83. The summed E-state index contributed by atoms with van der Waals surface area (Å²) < 4.78 is 0. The molecular weight excluding hydrogens is 238 g/mol. The lowest BCUT2D eigenvalue weighted by Gasteiger charge is -2.33. The van der Waals surface area contributed by atoms with Gasteiger partial charge >= 0.3 is 5.97 Å². The maximum atomic E-state index is 11.2. The van der Waals surface area contributed by atoms with E-state index in [1.807, 2.05) is 17.2 Å². The molecule has 0 saturated carbocycles. The molecule has 1 saturated heterocycles. The first kappa shape index (κ1) is 12.2. The van der Waals surface area contributed by atoms with Crippen LogP contribution < -0.4 is 4.90 Å². The molecule has 17 heavy (non-hydrogen) atoms. The Morgan fingerprint density at radius 2 is 2.35 bits per heavy atom. The van der Waals surface area contributed by atoms with Crippen LogP contribution in [0.2, 0.25) is 0 Å². The molecule has 6 heteroatoms. The first-order valence-electron chi connectivity index (χ1n) is 5.58. The predicted molar refractivity (Wildman–Crippen MR) is 66.4 cm³/mol. The number of anilines is 1. The van der Waals surface area contributed by atoms with Gasteiger partial charge < -0.3 is 10.0 Å². The Balaban J connectivity index is 2.26. The van der Waals surface area contributed by atoms with Gasteiger partial charge in [-0.2, -0.15) is 0 Å². The number of piperidine rings is 1. The minimum absolute atomic E-state index is 0.451. The van der Waals surface area contributed by atoms with Gasteiger partial charge in [-0.3, -0.25) is 0 Å². The third-order valence-corrected chi connectivity index (χ3v) is 3.56. The summed E-state index contributed by atoms with van der Waals surface area (Å²) in [4.78, 5) is 21.4. The van der Waals surface area contributed by atoms with E-state index in [4.69, 9.17) is 0 Å². The Hall–Kier alpha value is -1.30. The van der Waals surface area contributed by atoms with Gasteiger partial charge in [0, 0.05) is 12.6 Å². The third-order valence-electron chi connectivity index (χ3n) is 2.92. The molecule has 1 aromatic rings. The van der Waals surface area contributed by atoms with E-state index in [9.17, 15) is 9.90 Å². The SMILES string of the molecule is CSc1cc(N2CCCCC2C(=O)O)ncn1. The molecule has 92 valence electrons. The number of nitrogens with zero attached hydrogens (tertiary/aromatic N) is 3. The van der Waals surface area contributed by atoms with E-state index in [1.165, 1.54) is 18.1 Å². The zero-order valence-corrected chi connectivity index (χ0v) is 10.5. The van der Waals surface area contributed by atoms with Gasteiger partial charge in [-0.05, 0) is 25.5 Å². The second-order valence-corrected chi connectivity index (χ2v) is 4.79. The molecule has 1 atom stereocenters. The number of carbonyl (C=O) groups is 1. The number of rotatable bonds is 3. The second-order valence-electron chi connectivity index (χ2n) is 3.96. The van der Waals surface area contributed by atoms with Crippen molar-refractivity contribution in [3.8, 4) is 0 Å². The van der Waals surface area contributed by atoms with Crippen LogP contribution in [0.15, 0.2) is 17.4 Å². The van der Waals surface area contributed by atoms with Crippen LogP contribution in [-0.4, -0.2) is 39.9 Å². The van der Waals surface area contributed by atoms with E-state index < -0.39 is 12.0 Å². The highest BCUT2D eigenvalue weighted by atomic mass is 32.2. The molecule has 1 aliphatic rings. The van der Waals surface area contributed by atoms with Crippen molar-refractivity contribution in [2.45, 2.75) is 30.3 Å². The van der Waals surface area contributed by atoms with Crippen molar-refractivity contribution in [3.05, 3.63) is 12.4 Å². The lowest BCUT2D eigenvalue weighted by Crippen LogP contribution is -2.45. The second kappa shape index (κ2) is 5.35. The summed E-state index contributed by atoms with van der Waals surface area (Å²) in [5.74, 6) is -0.0505. The van der Waals surface area contributed by atoms with Crippen LogP contribution in [-0.2, 0) is 4.79 Å². The predicted octanol–water partition coefficient (Wildman–Crippen LogP) is 1.64. The number of aromatic nitrogens is 2. The normalized spacial score (nSPS) is 20.3. The van der Waals surface area contributed by atoms with E-state index in [-0.39, 0.29) is 0 Å². The van der Waals surface area contributed by atoms with Gasteiger partial charge in [0.1, 0.15) is 23.2 Å². The summed E-state index contributed by atoms with van der Waals surface area (Å²) in [6.07, 6.45) is 6.11. The van der Waals surface area contributed by atoms with Crippen LogP contribution in [0.4, 0.5) is 5.82 Å². The van der Waals surface area contributed by atoms with Gasteiger partial charge in [0.25, 0.3) is 0 Å². The van der Waals surface area contributed by atoms with Gasteiger partial charge in [0.05, 0.1) is 0 Å². The number of carboxylic acid groups (broad SMARTS) is 1. The minimum atomic E-state index is -0.769. The van der Waals surface area contributed by atoms with E-state index >= 15 is 0 Å². The molecule has 0 bridgehead atoms. The van der Waals surface area contributed by atoms with Crippen LogP contribution in [0.3, 0.4) is 0 Å². The quantitative estimate of drug-likeness (QED) is 0.652. The highest BCUT2D eigenvalue weighted by Gasteiger charge is 2.29. The highest BCUT2D eigenvalue weighted by molar-refractivity contribution is 7.98. The van der Waals surface area contributed by atoms with E-state index in [1.54, 1.807) is 0 Å². The summed E-state index contributed by atoms with van der Waals surface area (Å²) in [6.45, 7) is 0.752. The molecule has 5 nitrogen and oxygen atoms in total. The van der Waals surface area contributed by atoms with Crippen molar-refractivity contribution in [3.63, 3.8) is 0 Å². The summed E-state index contributed by atoms with van der Waals surface area (Å²) in [5, 5.41) is 10.1. The monoisotopic (exact) mass is 253 g/mol. The zero-order valence-electron chi connectivity index (χ0n) is 9.67. The molecule has 2 rings (SSSR count). The maximum Gasteiger partial charge on any atom is 0.326 e. The molecular formula is C11H15N3O2S. The fourth-order valence-corrected chi connectivity index (χ4v) is 2.44. The van der Waals surface area contributed by atoms with Crippen molar-refractivity contribution in [1.82, 2.24) is 9.97 Å². The summed E-state index contributed by atoms with van der Waals surface area (Å²) in [7, 11) is 0. The first-order valence-corrected chi connectivity index (χ1v) is 6.80. The molecule has 1 fully saturated rings. The van der Waals surface area contributed by atoms with Crippen molar-refractivity contribution >= 4 is 23.5 Å². The molecule has 0 spiro atoms. The Morgan fingerprint density at radius 1 is 1.53 bits per heavy atom. The van der Waals surface area contributed by atoms with Gasteiger partial charge in [0.15, 0.2) is 0 Å². The smallest absolute Gasteiger partial charge is 0.326 e. The lowest BCUT2D eigenvalue weighted by molar-refractivity contribution is -0.139. The topological polar surface area (TPSA) is 66.3 Å². The highest BCUT2D eigenvalue weighted by Crippen LogP contribution is 2.25. The Morgan fingerprint density at radius 3 is 3.06 bits per heavy atom. The van der Waals surface area contributed by atoms with Crippen LogP contribution in [0.1, 0.15) is 19.3 Å². The van der Waals surface area contributed by atoms with Crippen LogP contribution in [0, 0.1) is 0 Å². The van der Waals surface area contributed by atoms with Gasteiger partial charge in [0.2, 0.25) is 0 Å². The van der Waals surface area contributed by atoms with Crippen molar-refractivity contribution in [2.75, 3.05) is 17.7 Å². The molecule has 1 unspecified atom stereocenters. The van der Waals surface area contributed by atoms with Crippen LogP contribution >= 0.6 is 11.8 Å². The van der Waals surface area contributed by atoms with Gasteiger partial charge in [-0.15, -0.1) is 11.8 Å². The average Bonchev–Trinajstić information content (AvgIpc) is 2.39. The van der Waals surface area contributed by atoms with Gasteiger partial charge in [-0.1, -0.05) is 0 Å². The molecule has 0 aromatic carbocycles. The molecule has 1 N–H and O–H groups in total. The fraction of sp³-hybridized carbons (Fsp3) is 0.545. The van der Waals surface area contributed by atoms with Crippen LogP contribution in [0.5, 0.6) is 0 Å². The molecule has 1 aromatic heterocycles. The summed E-state index contributed by atoms with van der Waals surface area (Å²) in [6, 6.07) is 1.40. The minimum Gasteiger partial charge on any atom is -0.480 e. The number of aliphatic carboxylic acids is 1. The average molecular weight is 253 g/mol. The number of hydrogen-bond acceptors (Lipinski definition) is 5. The standard InChI is InChI=1S/C11H15N3O2S/c1-17-10-6-9(12-7-13-10)14-5-3-2-4-8(14)11(15)16/h6-8H,2-5H2,1H3,(H,15,16). The van der Waals surface area contributed by atoms with E-state index in [2.05, 4.69) is 9.97 Å². The van der Waals surface area contributed by atoms with Crippen molar-refractivity contribution in [1.29, 1.82) is 0 Å². The van der Waals surface area contributed by atoms with Gasteiger partial charge in [-0.25, -0.2) is 14.8 Å². The Bertz CT molecular complexity index is 413. The number of carboxylic acids is 1.